The van der Waals surface area contributed by atoms with Crippen molar-refractivity contribution >= 4 is 33.8 Å². The van der Waals surface area contributed by atoms with E-state index in [9.17, 15) is 10.1 Å². The predicted octanol–water partition coefficient (Wildman–Crippen LogP) is 1.15. The minimum absolute atomic E-state index is 0.312. The number of hydrogen-bond acceptors (Lipinski definition) is 10. The van der Waals surface area contributed by atoms with E-state index in [2.05, 4.69) is 36.2 Å². The minimum Gasteiger partial charge on any atom is -0.378 e. The Kier molecular flexibility index (Phi) is 5.33. The molecule has 1 aliphatic heterocycles. The zero-order valence-electron chi connectivity index (χ0n) is 19.4. The number of nitrogen functional groups attached to an aromatic ring is 1. The number of nitrogens with zero attached hydrogens (tertiary/aromatic N) is 9. The molecule has 5 aromatic heterocycles. The molecule has 5 N–H and O–H groups in total. The van der Waals surface area contributed by atoms with Gasteiger partial charge < -0.3 is 15.5 Å². The molecular weight excluding hydrogens is 476 g/mol. The van der Waals surface area contributed by atoms with Crippen molar-refractivity contribution in [2.24, 2.45) is 5.84 Å². The molecule has 0 aliphatic carbocycles. The molecule has 14 nitrogen and oxygen atoms in total. The number of hydrogen-bond donors (Lipinski definition) is 3. The Hall–Kier alpha value is -5.13. The molecule has 6 heterocycles. The fourth-order valence-corrected chi connectivity index (χ4v) is 4.23. The van der Waals surface area contributed by atoms with Crippen LogP contribution in [0.2, 0.25) is 0 Å². The second-order valence-electron chi connectivity index (χ2n) is 8.35. The van der Waals surface area contributed by atoms with Crippen molar-refractivity contribution in [2.45, 2.75) is 0 Å². The van der Waals surface area contributed by atoms with Gasteiger partial charge in [-0.15, -0.1) is 0 Å². The molecule has 6 rings (SSSR count). The number of carbonyl (C=O) groups excluding carboxylic acids is 1. The van der Waals surface area contributed by atoms with Crippen LogP contribution in [-0.4, -0.2) is 72.0 Å². The van der Waals surface area contributed by atoms with Gasteiger partial charge in [0.1, 0.15) is 22.8 Å². The Labute approximate surface area is 209 Å². The van der Waals surface area contributed by atoms with Gasteiger partial charge >= 0.3 is 6.03 Å². The first kappa shape index (κ1) is 22.3. The molecule has 0 radical (unpaired) electrons. The van der Waals surface area contributed by atoms with Crippen LogP contribution in [0.1, 0.15) is 5.56 Å². The van der Waals surface area contributed by atoms with Crippen LogP contribution in [0, 0.1) is 11.3 Å². The van der Waals surface area contributed by atoms with Crippen molar-refractivity contribution in [3.63, 3.8) is 0 Å². The molecule has 5 aromatic rings. The highest BCUT2D eigenvalue weighted by Gasteiger charge is 2.23. The number of pyridine rings is 3. The largest absolute Gasteiger partial charge is 0.378 e. The van der Waals surface area contributed by atoms with Gasteiger partial charge in [-0.3, -0.25) is 15.1 Å². The average Bonchev–Trinajstić information content (AvgIpc) is 3.52. The van der Waals surface area contributed by atoms with E-state index in [0.717, 1.165) is 10.6 Å². The van der Waals surface area contributed by atoms with E-state index < -0.39 is 0 Å². The summed E-state index contributed by atoms with van der Waals surface area (Å²) in [5.74, 6) is 12.8. The van der Waals surface area contributed by atoms with Crippen LogP contribution in [0.4, 0.5) is 10.5 Å². The minimum atomic E-state index is -0.332. The zero-order chi connectivity index (χ0) is 25.5. The van der Waals surface area contributed by atoms with E-state index in [1.165, 1.54) is 17.1 Å². The van der Waals surface area contributed by atoms with Gasteiger partial charge in [0, 0.05) is 42.8 Å². The Bertz CT molecular complexity index is 1700. The van der Waals surface area contributed by atoms with E-state index >= 15 is 0 Å². The number of carbonyl (C=O) groups is 1. The molecule has 0 spiro atoms. The Morgan fingerprint density at radius 3 is 2.70 bits per heavy atom. The first-order valence-corrected chi connectivity index (χ1v) is 11.3. The number of imidazole rings is 1. The van der Waals surface area contributed by atoms with Crippen molar-refractivity contribution < 1.29 is 9.53 Å². The molecular formula is C23H20N12O2. The number of anilines is 1. The van der Waals surface area contributed by atoms with Crippen LogP contribution in [0.5, 0.6) is 0 Å². The number of aromatic amines is 1. The maximum atomic E-state index is 12.8. The summed E-state index contributed by atoms with van der Waals surface area (Å²) in [6, 6.07) is 5.38. The topological polar surface area (TPSA) is 194 Å². The highest BCUT2D eigenvalue weighted by Crippen LogP contribution is 2.31. The fourth-order valence-electron chi connectivity index (χ4n) is 4.23. The first-order valence-electron chi connectivity index (χ1n) is 11.3. The number of nitrogens with two attached hydrogens (primary N) is 2. The summed E-state index contributed by atoms with van der Waals surface area (Å²) in [5, 5.41) is 18.4. The number of nitriles is 1. The van der Waals surface area contributed by atoms with Crippen LogP contribution < -0.4 is 16.7 Å². The summed E-state index contributed by atoms with van der Waals surface area (Å²) in [4.78, 5) is 31.8. The summed E-state index contributed by atoms with van der Waals surface area (Å²) in [6.45, 7) is 1.89. The highest BCUT2D eigenvalue weighted by atomic mass is 16.5. The summed E-state index contributed by atoms with van der Waals surface area (Å²) >= 11 is 0. The van der Waals surface area contributed by atoms with Crippen LogP contribution in [0.3, 0.4) is 0 Å². The molecule has 0 bridgehead atoms. The van der Waals surface area contributed by atoms with E-state index in [4.69, 9.17) is 16.4 Å². The third-order valence-electron chi connectivity index (χ3n) is 6.18. The summed E-state index contributed by atoms with van der Waals surface area (Å²) in [6.07, 6.45) is 7.82. The lowest BCUT2D eigenvalue weighted by Crippen LogP contribution is -2.51. The average molecular weight is 496 g/mol. The summed E-state index contributed by atoms with van der Waals surface area (Å²) in [7, 11) is 0. The van der Waals surface area contributed by atoms with E-state index in [0.29, 0.717) is 76.7 Å². The second-order valence-corrected chi connectivity index (χ2v) is 8.35. The van der Waals surface area contributed by atoms with Gasteiger partial charge in [-0.05, 0) is 12.1 Å². The number of ether oxygens (including phenoxy) is 1. The van der Waals surface area contributed by atoms with Crippen molar-refractivity contribution in [3.05, 3.63) is 48.7 Å². The van der Waals surface area contributed by atoms with Crippen molar-refractivity contribution in [1.82, 2.24) is 39.7 Å². The highest BCUT2D eigenvalue weighted by molar-refractivity contribution is 5.95. The van der Waals surface area contributed by atoms with Crippen LogP contribution >= 0.6 is 0 Å². The number of urea groups is 1. The molecule has 0 unspecified atom stereocenters. The third-order valence-corrected chi connectivity index (χ3v) is 6.18. The number of fused-ring (bicyclic) bond motifs is 2. The van der Waals surface area contributed by atoms with E-state index in [1.807, 2.05) is 6.07 Å². The number of amides is 2. The molecule has 1 fully saturated rings. The number of hydrazine groups is 1. The SMILES string of the molecule is N#Cc1cncc2c1nc(-c1[nH]nc3ncc(-c4cncc(N(N)C(=O)N5CCOCC5)c4)cc13)n2N. The first-order chi connectivity index (χ1) is 18.0. The van der Waals surface area contributed by atoms with Gasteiger partial charge in [0.25, 0.3) is 0 Å². The van der Waals surface area contributed by atoms with Crippen LogP contribution in [0.15, 0.2) is 43.1 Å². The number of H-pyrrole nitrogens is 1. The number of morpholine rings is 1. The molecule has 184 valence electrons. The predicted molar refractivity (Wildman–Crippen MR) is 133 cm³/mol. The van der Waals surface area contributed by atoms with Gasteiger partial charge in [-0.1, -0.05) is 0 Å². The Morgan fingerprint density at radius 1 is 1.11 bits per heavy atom. The molecule has 1 aliphatic rings. The standard InChI is InChI=1S/C23H20N12O2/c24-7-15-9-28-12-18-19(15)30-22(35(18)26)20-17-6-14(10-29-21(17)32-31-20)13-5-16(11-27-8-13)34(25)23(36)33-1-3-37-4-2-33/h5-6,8-12H,1-4,25-26H2,(H,29,31,32). The fraction of sp³-hybridized carbons (Fsp3) is 0.174. The van der Waals surface area contributed by atoms with E-state index in [-0.39, 0.29) is 6.03 Å². The van der Waals surface area contributed by atoms with Gasteiger partial charge in [-0.2, -0.15) is 10.4 Å². The maximum Gasteiger partial charge on any atom is 0.339 e. The smallest absolute Gasteiger partial charge is 0.339 e. The summed E-state index contributed by atoms with van der Waals surface area (Å²) < 4.78 is 6.66. The van der Waals surface area contributed by atoms with Crippen molar-refractivity contribution in [3.8, 4) is 28.7 Å². The number of rotatable bonds is 3. The monoisotopic (exact) mass is 496 g/mol. The zero-order valence-corrected chi connectivity index (χ0v) is 19.4. The Balaban J connectivity index is 1.38. The third kappa shape index (κ3) is 3.75. The van der Waals surface area contributed by atoms with Crippen molar-refractivity contribution in [1.29, 1.82) is 5.26 Å². The van der Waals surface area contributed by atoms with Gasteiger partial charge in [-0.25, -0.2) is 30.3 Å². The molecule has 37 heavy (non-hydrogen) atoms. The molecule has 0 aromatic carbocycles. The number of aromatic nitrogens is 7. The van der Waals surface area contributed by atoms with Crippen LogP contribution in [0.25, 0.3) is 44.7 Å². The van der Waals surface area contributed by atoms with Gasteiger partial charge in [0.15, 0.2) is 11.5 Å². The molecule has 0 atom stereocenters. The van der Waals surface area contributed by atoms with Gasteiger partial charge in [0.2, 0.25) is 0 Å². The van der Waals surface area contributed by atoms with E-state index in [1.54, 1.807) is 29.6 Å². The van der Waals surface area contributed by atoms with Crippen molar-refractivity contribution in [2.75, 3.05) is 37.2 Å². The van der Waals surface area contributed by atoms with Crippen LogP contribution in [-0.2, 0) is 4.74 Å². The summed E-state index contributed by atoms with van der Waals surface area (Å²) in [5.41, 5.74) is 4.08. The lowest BCUT2D eigenvalue weighted by molar-refractivity contribution is 0.0548. The normalized spacial score (nSPS) is 13.7. The second kappa shape index (κ2) is 8.82. The van der Waals surface area contributed by atoms with Gasteiger partial charge in [0.05, 0.1) is 42.2 Å². The molecule has 1 saturated heterocycles. The quantitative estimate of drug-likeness (QED) is 0.185. The molecule has 2 amide bonds. The lowest BCUT2D eigenvalue weighted by atomic mass is 10.1. The lowest BCUT2D eigenvalue weighted by Gasteiger charge is -2.30. The molecule has 14 heteroatoms. The Morgan fingerprint density at radius 2 is 1.89 bits per heavy atom. The number of nitrogens with one attached hydrogen (secondary N) is 1. The molecule has 0 saturated carbocycles. The maximum absolute atomic E-state index is 12.8.